The van der Waals surface area contributed by atoms with E-state index >= 15 is 0 Å². The molecule has 0 aliphatic heterocycles. The van der Waals surface area contributed by atoms with Crippen LogP contribution in [0.2, 0.25) is 0 Å². The van der Waals surface area contributed by atoms with Crippen LogP contribution in [-0.2, 0) is 13.1 Å². The predicted octanol–water partition coefficient (Wildman–Crippen LogP) is 2.74. The van der Waals surface area contributed by atoms with Gasteiger partial charge in [-0.25, -0.2) is 4.39 Å². The van der Waals surface area contributed by atoms with Crippen LogP contribution in [0.1, 0.15) is 10.4 Å². The van der Waals surface area contributed by atoms with Gasteiger partial charge in [0.05, 0.1) is 6.61 Å². The molecule has 1 heterocycles. The SMILES string of the molecule is C=CCN(CCO)Cc1c(CNC)sc2cccc(F)c12. The molecule has 0 atom stereocenters. The number of hydrogen-bond donors (Lipinski definition) is 2. The van der Waals surface area contributed by atoms with Crippen LogP contribution in [-0.4, -0.2) is 36.8 Å². The van der Waals surface area contributed by atoms with Crippen molar-refractivity contribution in [3.05, 3.63) is 47.1 Å². The van der Waals surface area contributed by atoms with Gasteiger partial charge >= 0.3 is 0 Å². The number of fused-ring (bicyclic) bond motifs is 1. The second-order valence-corrected chi connectivity index (χ2v) is 6.03. The van der Waals surface area contributed by atoms with E-state index in [4.69, 9.17) is 0 Å². The van der Waals surface area contributed by atoms with Crippen molar-refractivity contribution in [3.8, 4) is 0 Å². The number of nitrogens with one attached hydrogen (secondary N) is 1. The standard InChI is InChI=1S/C16H21FN2OS/c1-3-7-19(8-9-20)11-12-15(10-18-2)21-14-6-4-5-13(17)16(12)14/h3-6,18,20H,1,7-11H2,2H3. The predicted molar refractivity (Wildman–Crippen MR) is 87.1 cm³/mol. The van der Waals surface area contributed by atoms with Crippen LogP contribution in [0.25, 0.3) is 10.1 Å². The van der Waals surface area contributed by atoms with Crippen molar-refractivity contribution in [3.63, 3.8) is 0 Å². The van der Waals surface area contributed by atoms with Gasteiger partial charge in [-0.1, -0.05) is 12.1 Å². The molecule has 0 fully saturated rings. The molecular weight excluding hydrogens is 287 g/mol. The van der Waals surface area contributed by atoms with Gasteiger partial charge in [-0.15, -0.1) is 17.9 Å². The normalized spacial score (nSPS) is 11.4. The lowest BCUT2D eigenvalue weighted by Gasteiger charge is -2.20. The monoisotopic (exact) mass is 308 g/mol. The average Bonchev–Trinajstić information content (AvgIpc) is 2.79. The van der Waals surface area contributed by atoms with Crippen molar-refractivity contribution in [2.75, 3.05) is 26.7 Å². The summed E-state index contributed by atoms with van der Waals surface area (Å²) in [6.07, 6.45) is 1.80. The first-order valence-electron chi connectivity index (χ1n) is 6.98. The van der Waals surface area contributed by atoms with Crippen LogP contribution in [0, 0.1) is 5.82 Å². The van der Waals surface area contributed by atoms with Gasteiger partial charge in [-0.3, -0.25) is 4.90 Å². The molecule has 0 radical (unpaired) electrons. The van der Waals surface area contributed by atoms with E-state index in [1.165, 1.54) is 6.07 Å². The van der Waals surface area contributed by atoms with Crippen LogP contribution in [0.3, 0.4) is 0 Å². The molecule has 0 saturated heterocycles. The van der Waals surface area contributed by atoms with E-state index in [9.17, 15) is 9.50 Å². The molecule has 0 aliphatic carbocycles. The molecule has 0 aliphatic rings. The Kier molecular flexibility index (Phi) is 5.87. The Hall–Kier alpha value is -1.27. The lowest BCUT2D eigenvalue weighted by molar-refractivity contribution is 0.203. The van der Waals surface area contributed by atoms with E-state index in [2.05, 4.69) is 16.8 Å². The maximum Gasteiger partial charge on any atom is 0.132 e. The Morgan fingerprint density at radius 2 is 2.29 bits per heavy atom. The minimum absolute atomic E-state index is 0.0831. The zero-order valence-corrected chi connectivity index (χ0v) is 13.0. The lowest BCUT2D eigenvalue weighted by Crippen LogP contribution is -2.27. The third-order valence-corrected chi connectivity index (χ3v) is 4.57. The highest BCUT2D eigenvalue weighted by Gasteiger charge is 2.17. The van der Waals surface area contributed by atoms with Gasteiger partial charge in [0.15, 0.2) is 0 Å². The van der Waals surface area contributed by atoms with Gasteiger partial charge < -0.3 is 10.4 Å². The van der Waals surface area contributed by atoms with E-state index in [0.717, 1.165) is 21.7 Å². The number of benzene rings is 1. The second-order valence-electron chi connectivity index (χ2n) is 4.89. The Morgan fingerprint density at radius 1 is 1.48 bits per heavy atom. The molecule has 0 spiro atoms. The summed E-state index contributed by atoms with van der Waals surface area (Å²) >= 11 is 1.62. The Balaban J connectivity index is 2.43. The third-order valence-electron chi connectivity index (χ3n) is 3.37. The summed E-state index contributed by atoms with van der Waals surface area (Å²) in [4.78, 5) is 3.21. The zero-order chi connectivity index (χ0) is 15.2. The number of halogens is 1. The first-order valence-corrected chi connectivity index (χ1v) is 7.80. The van der Waals surface area contributed by atoms with Crippen LogP contribution < -0.4 is 5.32 Å². The molecule has 5 heteroatoms. The average molecular weight is 308 g/mol. The minimum Gasteiger partial charge on any atom is -0.395 e. The molecule has 21 heavy (non-hydrogen) atoms. The highest BCUT2D eigenvalue weighted by Crippen LogP contribution is 2.34. The summed E-state index contributed by atoms with van der Waals surface area (Å²) in [5, 5.41) is 13.0. The Bertz CT molecular complexity index is 612. The number of thiophene rings is 1. The number of hydrogen-bond acceptors (Lipinski definition) is 4. The maximum atomic E-state index is 14.2. The topological polar surface area (TPSA) is 35.5 Å². The molecule has 1 aromatic heterocycles. The van der Waals surface area contributed by atoms with Gasteiger partial charge in [-0.2, -0.15) is 0 Å². The number of aliphatic hydroxyl groups is 1. The third kappa shape index (κ3) is 3.68. The maximum absolute atomic E-state index is 14.2. The fraction of sp³-hybridized carbons (Fsp3) is 0.375. The van der Waals surface area contributed by atoms with Crippen molar-refractivity contribution in [1.82, 2.24) is 10.2 Å². The minimum atomic E-state index is -0.177. The van der Waals surface area contributed by atoms with Crippen LogP contribution >= 0.6 is 11.3 Å². The summed E-state index contributed by atoms with van der Waals surface area (Å²) in [6, 6.07) is 5.21. The molecule has 2 aromatic rings. The van der Waals surface area contributed by atoms with E-state index < -0.39 is 0 Å². The number of rotatable bonds is 8. The summed E-state index contributed by atoms with van der Waals surface area (Å²) in [5.41, 5.74) is 1.01. The summed E-state index contributed by atoms with van der Waals surface area (Å²) < 4.78 is 15.2. The summed E-state index contributed by atoms with van der Waals surface area (Å²) in [5.74, 6) is -0.177. The van der Waals surface area contributed by atoms with E-state index in [0.29, 0.717) is 25.0 Å². The lowest BCUT2D eigenvalue weighted by atomic mass is 10.1. The quantitative estimate of drug-likeness (QED) is 0.736. The smallest absolute Gasteiger partial charge is 0.132 e. The molecule has 2 N–H and O–H groups in total. The zero-order valence-electron chi connectivity index (χ0n) is 12.2. The van der Waals surface area contributed by atoms with E-state index in [1.54, 1.807) is 23.5 Å². The second kappa shape index (κ2) is 7.66. The van der Waals surface area contributed by atoms with Crippen molar-refractivity contribution < 1.29 is 9.50 Å². The molecule has 114 valence electrons. The number of aliphatic hydroxyl groups excluding tert-OH is 1. The molecule has 2 rings (SSSR count). The van der Waals surface area contributed by atoms with Gasteiger partial charge in [0.25, 0.3) is 0 Å². The molecule has 0 bridgehead atoms. The van der Waals surface area contributed by atoms with E-state index in [-0.39, 0.29) is 12.4 Å². The van der Waals surface area contributed by atoms with Crippen molar-refractivity contribution >= 4 is 21.4 Å². The van der Waals surface area contributed by atoms with Crippen LogP contribution in [0.15, 0.2) is 30.9 Å². The van der Waals surface area contributed by atoms with E-state index in [1.807, 2.05) is 13.1 Å². The summed E-state index contributed by atoms with van der Waals surface area (Å²) in [7, 11) is 1.89. The molecule has 0 unspecified atom stereocenters. The largest absolute Gasteiger partial charge is 0.395 e. The van der Waals surface area contributed by atoms with Crippen molar-refractivity contribution in [1.29, 1.82) is 0 Å². The van der Waals surface area contributed by atoms with Gasteiger partial charge in [0, 0.05) is 41.1 Å². The molecular formula is C16H21FN2OS. The molecule has 1 aromatic carbocycles. The first-order chi connectivity index (χ1) is 10.2. The summed E-state index contributed by atoms with van der Waals surface area (Å²) in [6.45, 7) is 6.38. The van der Waals surface area contributed by atoms with Crippen molar-refractivity contribution in [2.45, 2.75) is 13.1 Å². The van der Waals surface area contributed by atoms with Gasteiger partial charge in [0.1, 0.15) is 5.82 Å². The van der Waals surface area contributed by atoms with Crippen molar-refractivity contribution in [2.24, 2.45) is 0 Å². The van der Waals surface area contributed by atoms with Gasteiger partial charge in [-0.05, 0) is 24.7 Å². The van der Waals surface area contributed by atoms with Crippen LogP contribution in [0.4, 0.5) is 4.39 Å². The van der Waals surface area contributed by atoms with Crippen LogP contribution in [0.5, 0.6) is 0 Å². The molecule has 0 amide bonds. The Labute approximate surface area is 128 Å². The van der Waals surface area contributed by atoms with Gasteiger partial charge in [0.2, 0.25) is 0 Å². The number of nitrogens with zero attached hydrogens (tertiary/aromatic N) is 1. The first kappa shape index (κ1) is 16.1. The fourth-order valence-electron chi connectivity index (χ4n) is 2.47. The highest BCUT2D eigenvalue weighted by atomic mass is 32.1. The Morgan fingerprint density at radius 3 is 2.95 bits per heavy atom. The fourth-order valence-corrected chi connectivity index (χ4v) is 3.71. The molecule has 0 saturated carbocycles. The highest BCUT2D eigenvalue weighted by molar-refractivity contribution is 7.19. The molecule has 3 nitrogen and oxygen atoms in total.